The zero-order chi connectivity index (χ0) is 18.8. The van der Waals surface area contributed by atoms with E-state index in [1.165, 1.54) is 24.4 Å². The molecule has 1 aromatic carbocycles. The van der Waals surface area contributed by atoms with Crippen LogP contribution in [0.1, 0.15) is 31.1 Å². The zero-order valence-electron chi connectivity index (χ0n) is 13.8. The molecule has 2 rings (SSSR count). The molecular formula is C17H16F2N2O4. The summed E-state index contributed by atoms with van der Waals surface area (Å²) in [6.45, 7) is 4.75. The molecule has 8 heteroatoms. The molecule has 0 aliphatic carbocycles. The second-order valence-corrected chi connectivity index (χ2v) is 6.07. The highest BCUT2D eigenvalue weighted by atomic mass is 19.2. The highest BCUT2D eigenvalue weighted by Crippen LogP contribution is 2.31. The molecule has 25 heavy (non-hydrogen) atoms. The number of halogens is 2. The lowest BCUT2D eigenvalue weighted by Gasteiger charge is -2.27. The molecule has 0 fully saturated rings. The number of ether oxygens (including phenoxy) is 1. The summed E-state index contributed by atoms with van der Waals surface area (Å²) in [5, 5.41) is 9.31. The molecule has 0 saturated carbocycles. The molecule has 1 amide bonds. The summed E-state index contributed by atoms with van der Waals surface area (Å²) in [6.07, 6.45) is 0.147. The Morgan fingerprint density at radius 2 is 1.84 bits per heavy atom. The van der Waals surface area contributed by atoms with Crippen molar-refractivity contribution >= 4 is 23.6 Å². The van der Waals surface area contributed by atoms with Crippen LogP contribution in [0.3, 0.4) is 0 Å². The molecule has 1 aromatic heterocycles. The van der Waals surface area contributed by atoms with Gasteiger partial charge in [0.15, 0.2) is 17.5 Å². The van der Waals surface area contributed by atoms with Gasteiger partial charge in [0.2, 0.25) is 0 Å². The number of hydrogen-bond acceptors (Lipinski definition) is 4. The SMILES string of the molecule is CC(C)(C)OC(=O)N(c1cccc(F)c1F)c1ncccc1C(=O)O. The molecule has 1 heterocycles. The average molecular weight is 350 g/mol. The summed E-state index contributed by atoms with van der Waals surface area (Å²) >= 11 is 0. The number of anilines is 2. The predicted molar refractivity (Wildman–Crippen MR) is 85.9 cm³/mol. The molecule has 132 valence electrons. The van der Waals surface area contributed by atoms with Gasteiger partial charge in [-0.05, 0) is 45.0 Å². The number of hydrogen-bond donors (Lipinski definition) is 1. The number of rotatable bonds is 3. The lowest BCUT2D eigenvalue weighted by atomic mass is 10.2. The van der Waals surface area contributed by atoms with Crippen molar-refractivity contribution in [1.29, 1.82) is 0 Å². The molecule has 2 aromatic rings. The Balaban J connectivity index is 2.68. The number of carbonyl (C=O) groups excluding carboxylic acids is 1. The van der Waals surface area contributed by atoms with Crippen LogP contribution in [0.5, 0.6) is 0 Å². The minimum absolute atomic E-state index is 0.364. The van der Waals surface area contributed by atoms with Crippen molar-refractivity contribution in [3.8, 4) is 0 Å². The van der Waals surface area contributed by atoms with Crippen molar-refractivity contribution in [2.45, 2.75) is 26.4 Å². The first kappa shape index (κ1) is 18.3. The van der Waals surface area contributed by atoms with E-state index in [1.54, 1.807) is 20.8 Å². The summed E-state index contributed by atoms with van der Waals surface area (Å²) in [5.41, 5.74) is -1.82. The van der Waals surface area contributed by atoms with Crippen molar-refractivity contribution in [2.24, 2.45) is 0 Å². The molecule has 0 bridgehead atoms. The largest absolute Gasteiger partial charge is 0.478 e. The van der Waals surface area contributed by atoms with Crippen LogP contribution >= 0.6 is 0 Å². The number of aromatic carboxylic acids is 1. The predicted octanol–water partition coefficient (Wildman–Crippen LogP) is 4.13. The van der Waals surface area contributed by atoms with Gasteiger partial charge in [0.05, 0.1) is 5.69 Å². The third-order valence-electron chi connectivity index (χ3n) is 2.98. The van der Waals surface area contributed by atoms with Crippen LogP contribution in [0.25, 0.3) is 0 Å². The monoisotopic (exact) mass is 350 g/mol. The van der Waals surface area contributed by atoms with E-state index in [1.807, 2.05) is 0 Å². The maximum Gasteiger partial charge on any atom is 0.420 e. The third-order valence-corrected chi connectivity index (χ3v) is 2.98. The van der Waals surface area contributed by atoms with E-state index in [9.17, 15) is 23.5 Å². The van der Waals surface area contributed by atoms with Crippen LogP contribution in [0.15, 0.2) is 36.5 Å². The molecule has 1 N–H and O–H groups in total. The molecule has 0 aliphatic rings. The lowest BCUT2D eigenvalue weighted by molar-refractivity contribution is 0.0597. The van der Waals surface area contributed by atoms with Crippen molar-refractivity contribution in [2.75, 3.05) is 4.90 Å². The highest BCUT2D eigenvalue weighted by Gasteiger charge is 2.31. The second-order valence-electron chi connectivity index (χ2n) is 6.07. The zero-order valence-corrected chi connectivity index (χ0v) is 13.8. The number of carboxylic acids is 1. The van der Waals surface area contributed by atoms with Gasteiger partial charge in [0, 0.05) is 6.20 Å². The van der Waals surface area contributed by atoms with Gasteiger partial charge in [-0.1, -0.05) is 6.07 Å². The Bertz CT molecular complexity index is 819. The minimum Gasteiger partial charge on any atom is -0.478 e. The molecule has 0 atom stereocenters. The number of benzene rings is 1. The molecule has 0 saturated heterocycles. The van der Waals surface area contributed by atoms with Crippen LogP contribution in [0.4, 0.5) is 25.1 Å². The number of nitrogens with zero attached hydrogens (tertiary/aromatic N) is 2. The van der Waals surface area contributed by atoms with Crippen LogP contribution in [-0.2, 0) is 4.74 Å². The molecule has 6 nitrogen and oxygen atoms in total. The van der Waals surface area contributed by atoms with Crippen molar-refractivity contribution < 1.29 is 28.2 Å². The van der Waals surface area contributed by atoms with Crippen LogP contribution < -0.4 is 4.90 Å². The molecular weight excluding hydrogens is 334 g/mol. The highest BCUT2D eigenvalue weighted by molar-refractivity contribution is 6.02. The molecule has 0 unspecified atom stereocenters. The topological polar surface area (TPSA) is 79.7 Å². The summed E-state index contributed by atoms with van der Waals surface area (Å²) in [7, 11) is 0. The molecule has 0 spiro atoms. The fourth-order valence-electron chi connectivity index (χ4n) is 2.01. The quantitative estimate of drug-likeness (QED) is 0.900. The number of amides is 1. The van der Waals surface area contributed by atoms with Gasteiger partial charge in [0.1, 0.15) is 11.2 Å². The third kappa shape index (κ3) is 4.09. The molecule has 0 radical (unpaired) electrons. The van der Waals surface area contributed by atoms with Gasteiger partial charge in [-0.3, -0.25) is 0 Å². The second kappa shape index (κ2) is 6.84. The summed E-state index contributed by atoms with van der Waals surface area (Å²) < 4.78 is 33.1. The molecule has 0 aliphatic heterocycles. The Labute approximate surface area is 142 Å². The van der Waals surface area contributed by atoms with E-state index in [-0.39, 0.29) is 11.4 Å². The van der Waals surface area contributed by atoms with Gasteiger partial charge >= 0.3 is 12.1 Å². The normalized spacial score (nSPS) is 11.1. The van der Waals surface area contributed by atoms with E-state index in [0.717, 1.165) is 12.1 Å². The van der Waals surface area contributed by atoms with Crippen LogP contribution in [0.2, 0.25) is 0 Å². The van der Waals surface area contributed by atoms with E-state index in [2.05, 4.69) is 4.98 Å². The lowest BCUT2D eigenvalue weighted by Crippen LogP contribution is -2.35. The van der Waals surface area contributed by atoms with E-state index >= 15 is 0 Å². The summed E-state index contributed by atoms with van der Waals surface area (Å²) in [6, 6.07) is 5.74. The smallest absolute Gasteiger partial charge is 0.420 e. The number of aromatic nitrogens is 1. The first-order valence-corrected chi connectivity index (χ1v) is 7.27. The van der Waals surface area contributed by atoms with Crippen molar-refractivity contribution in [3.63, 3.8) is 0 Å². The standard InChI is InChI=1S/C17H16F2N2O4/c1-17(2,3)25-16(24)21(12-8-4-7-11(18)13(12)19)14-10(15(22)23)6-5-9-20-14/h4-9H,1-3H3,(H,22,23). The fraction of sp³-hybridized carbons (Fsp3) is 0.235. The van der Waals surface area contributed by atoms with Crippen LogP contribution in [-0.4, -0.2) is 27.8 Å². The minimum atomic E-state index is -1.38. The first-order valence-electron chi connectivity index (χ1n) is 7.27. The maximum absolute atomic E-state index is 14.3. The van der Waals surface area contributed by atoms with Gasteiger partial charge in [-0.15, -0.1) is 0 Å². The maximum atomic E-state index is 14.3. The van der Waals surface area contributed by atoms with Gasteiger partial charge in [0.25, 0.3) is 0 Å². The van der Waals surface area contributed by atoms with E-state index in [4.69, 9.17) is 4.74 Å². The number of pyridine rings is 1. The Hall–Kier alpha value is -3.03. The summed E-state index contributed by atoms with van der Waals surface area (Å²) in [5.74, 6) is -4.28. The summed E-state index contributed by atoms with van der Waals surface area (Å²) in [4.78, 5) is 28.5. The van der Waals surface area contributed by atoms with Crippen molar-refractivity contribution in [3.05, 3.63) is 53.7 Å². The number of carbonyl (C=O) groups is 2. The average Bonchev–Trinajstić information content (AvgIpc) is 2.50. The van der Waals surface area contributed by atoms with E-state index < -0.39 is 35.0 Å². The first-order chi connectivity index (χ1) is 11.6. The number of carboxylic acid groups (broad SMARTS) is 1. The van der Waals surface area contributed by atoms with E-state index in [0.29, 0.717) is 4.90 Å². The van der Waals surface area contributed by atoms with Gasteiger partial charge < -0.3 is 9.84 Å². The Morgan fingerprint density at radius 3 is 2.44 bits per heavy atom. The Morgan fingerprint density at radius 1 is 1.16 bits per heavy atom. The fourth-order valence-corrected chi connectivity index (χ4v) is 2.01. The van der Waals surface area contributed by atoms with Crippen LogP contribution in [0, 0.1) is 11.6 Å². The Kier molecular flexibility index (Phi) is 5.01. The van der Waals surface area contributed by atoms with Crippen molar-refractivity contribution in [1.82, 2.24) is 4.98 Å². The van der Waals surface area contributed by atoms with Gasteiger partial charge in [-0.2, -0.15) is 0 Å². The van der Waals surface area contributed by atoms with Gasteiger partial charge in [-0.25, -0.2) is 28.3 Å².